The SMILES string of the molecule is O=[N+]([O-])c1cc([C@@H](CC(F)(F)F)N2CCNCC2)ccc1Br. The lowest BCUT2D eigenvalue weighted by atomic mass is 10.00. The molecule has 1 atom stereocenters. The summed E-state index contributed by atoms with van der Waals surface area (Å²) in [5.74, 6) is 0. The summed E-state index contributed by atoms with van der Waals surface area (Å²) in [6.45, 7) is 2.16. The number of alkyl halides is 3. The van der Waals surface area contributed by atoms with Gasteiger partial charge in [-0.05, 0) is 27.6 Å². The molecule has 1 aliphatic rings. The Morgan fingerprint density at radius 3 is 2.55 bits per heavy atom. The fraction of sp³-hybridized carbons (Fsp3) is 0.538. The Morgan fingerprint density at radius 1 is 1.36 bits per heavy atom. The van der Waals surface area contributed by atoms with Crippen LogP contribution < -0.4 is 5.32 Å². The number of rotatable bonds is 4. The van der Waals surface area contributed by atoms with Crippen molar-refractivity contribution in [2.75, 3.05) is 26.2 Å². The van der Waals surface area contributed by atoms with E-state index < -0.39 is 23.6 Å². The van der Waals surface area contributed by atoms with Gasteiger partial charge in [0.05, 0.1) is 15.8 Å². The summed E-state index contributed by atoms with van der Waals surface area (Å²) < 4.78 is 39.0. The summed E-state index contributed by atoms with van der Waals surface area (Å²) in [4.78, 5) is 12.1. The molecule has 0 amide bonds. The summed E-state index contributed by atoms with van der Waals surface area (Å²) in [6, 6.07) is 3.26. The number of piperazine rings is 1. The molecule has 1 aromatic carbocycles. The molecule has 0 aliphatic carbocycles. The molecule has 5 nitrogen and oxygen atoms in total. The largest absolute Gasteiger partial charge is 0.390 e. The van der Waals surface area contributed by atoms with E-state index in [1.807, 2.05) is 0 Å². The van der Waals surface area contributed by atoms with Crippen LogP contribution in [0.4, 0.5) is 18.9 Å². The number of nitrogens with one attached hydrogen (secondary N) is 1. The lowest BCUT2D eigenvalue weighted by Crippen LogP contribution is -2.46. The van der Waals surface area contributed by atoms with E-state index in [1.165, 1.54) is 18.2 Å². The van der Waals surface area contributed by atoms with E-state index in [4.69, 9.17) is 0 Å². The van der Waals surface area contributed by atoms with E-state index in [0.29, 0.717) is 31.7 Å². The molecule has 1 aliphatic heterocycles. The van der Waals surface area contributed by atoms with Gasteiger partial charge in [-0.25, -0.2) is 0 Å². The molecule has 1 aromatic rings. The van der Waals surface area contributed by atoms with Crippen molar-refractivity contribution in [3.63, 3.8) is 0 Å². The van der Waals surface area contributed by atoms with Crippen molar-refractivity contribution in [1.82, 2.24) is 10.2 Å². The number of hydrogen-bond acceptors (Lipinski definition) is 4. The third kappa shape index (κ3) is 4.40. The monoisotopic (exact) mass is 381 g/mol. The minimum Gasteiger partial charge on any atom is -0.314 e. The highest BCUT2D eigenvalue weighted by atomic mass is 79.9. The molecular formula is C13H15BrF3N3O2. The van der Waals surface area contributed by atoms with E-state index >= 15 is 0 Å². The van der Waals surface area contributed by atoms with Crippen molar-refractivity contribution in [2.24, 2.45) is 0 Å². The number of hydrogen-bond donors (Lipinski definition) is 1. The first-order chi connectivity index (χ1) is 10.3. The molecule has 0 saturated carbocycles. The molecule has 0 radical (unpaired) electrons. The molecule has 1 fully saturated rings. The smallest absolute Gasteiger partial charge is 0.314 e. The molecule has 1 N–H and O–H groups in total. The van der Waals surface area contributed by atoms with Gasteiger partial charge >= 0.3 is 6.18 Å². The Labute approximate surface area is 133 Å². The van der Waals surface area contributed by atoms with Crippen molar-refractivity contribution in [3.05, 3.63) is 38.3 Å². The van der Waals surface area contributed by atoms with Crippen LogP contribution in [-0.2, 0) is 0 Å². The zero-order chi connectivity index (χ0) is 16.3. The topological polar surface area (TPSA) is 58.4 Å². The highest BCUT2D eigenvalue weighted by molar-refractivity contribution is 9.10. The van der Waals surface area contributed by atoms with Gasteiger partial charge in [-0.2, -0.15) is 13.2 Å². The molecule has 122 valence electrons. The van der Waals surface area contributed by atoms with Gasteiger partial charge < -0.3 is 5.32 Å². The molecule has 9 heteroatoms. The molecule has 2 rings (SSSR count). The summed E-state index contributed by atoms with van der Waals surface area (Å²) in [7, 11) is 0. The van der Waals surface area contributed by atoms with Crippen LogP contribution in [0.15, 0.2) is 22.7 Å². The fourth-order valence-corrected chi connectivity index (χ4v) is 2.94. The van der Waals surface area contributed by atoms with E-state index in [9.17, 15) is 23.3 Å². The Bertz CT molecular complexity index is 548. The zero-order valence-corrected chi connectivity index (χ0v) is 13.2. The average Bonchev–Trinajstić information content (AvgIpc) is 2.45. The standard InChI is InChI=1S/C13H15BrF3N3O2/c14-10-2-1-9(7-11(10)20(21)22)12(8-13(15,16)17)19-5-3-18-4-6-19/h1-2,7,12,18H,3-6,8H2/t12-/m1/s1. The van der Waals surface area contributed by atoms with Crippen molar-refractivity contribution in [3.8, 4) is 0 Å². The van der Waals surface area contributed by atoms with Gasteiger partial charge in [-0.15, -0.1) is 0 Å². The Morgan fingerprint density at radius 2 is 2.00 bits per heavy atom. The van der Waals surface area contributed by atoms with Crippen LogP contribution in [0.3, 0.4) is 0 Å². The number of nitro groups is 1. The van der Waals surface area contributed by atoms with E-state index in [2.05, 4.69) is 21.2 Å². The van der Waals surface area contributed by atoms with Crippen LogP contribution in [0, 0.1) is 10.1 Å². The fourth-order valence-electron chi connectivity index (χ4n) is 2.55. The number of halogens is 4. The van der Waals surface area contributed by atoms with Gasteiger partial charge in [0.2, 0.25) is 0 Å². The maximum atomic E-state index is 12.9. The Hall–Kier alpha value is -1.19. The minimum atomic E-state index is -4.34. The van der Waals surface area contributed by atoms with Crippen LogP contribution in [-0.4, -0.2) is 42.2 Å². The van der Waals surface area contributed by atoms with Gasteiger partial charge in [0.15, 0.2) is 0 Å². The molecule has 0 unspecified atom stereocenters. The predicted octanol–water partition coefficient (Wildman–Crippen LogP) is 3.26. The van der Waals surface area contributed by atoms with Gasteiger partial charge in [0.1, 0.15) is 0 Å². The second-order valence-electron chi connectivity index (χ2n) is 5.09. The Kier molecular flexibility index (Phi) is 5.41. The lowest BCUT2D eigenvalue weighted by Gasteiger charge is -2.35. The van der Waals surface area contributed by atoms with Crippen LogP contribution in [0.2, 0.25) is 0 Å². The first-order valence-electron chi connectivity index (χ1n) is 6.73. The van der Waals surface area contributed by atoms with Crippen LogP contribution >= 0.6 is 15.9 Å². The lowest BCUT2D eigenvalue weighted by molar-refractivity contribution is -0.385. The van der Waals surface area contributed by atoms with Crippen LogP contribution in [0.5, 0.6) is 0 Å². The molecule has 0 aromatic heterocycles. The number of nitro benzene ring substituents is 1. The van der Waals surface area contributed by atoms with Gasteiger partial charge in [-0.3, -0.25) is 15.0 Å². The third-order valence-corrected chi connectivity index (χ3v) is 4.24. The van der Waals surface area contributed by atoms with Crippen molar-refractivity contribution < 1.29 is 18.1 Å². The highest BCUT2D eigenvalue weighted by Gasteiger charge is 2.36. The van der Waals surface area contributed by atoms with Crippen molar-refractivity contribution in [2.45, 2.75) is 18.6 Å². The van der Waals surface area contributed by atoms with Gasteiger partial charge in [0.25, 0.3) is 5.69 Å². The van der Waals surface area contributed by atoms with Gasteiger partial charge in [0, 0.05) is 38.3 Å². The molecule has 0 bridgehead atoms. The molecule has 1 heterocycles. The first-order valence-corrected chi connectivity index (χ1v) is 7.52. The van der Waals surface area contributed by atoms with Gasteiger partial charge in [-0.1, -0.05) is 6.07 Å². The zero-order valence-electron chi connectivity index (χ0n) is 11.6. The normalized spacial score (nSPS) is 18.2. The predicted molar refractivity (Wildman–Crippen MR) is 78.7 cm³/mol. The number of benzene rings is 1. The van der Waals surface area contributed by atoms with E-state index in [-0.39, 0.29) is 10.2 Å². The first kappa shape index (κ1) is 17.2. The number of nitrogens with zero attached hydrogens (tertiary/aromatic N) is 2. The third-order valence-electron chi connectivity index (χ3n) is 3.57. The molecule has 1 saturated heterocycles. The molecule has 22 heavy (non-hydrogen) atoms. The summed E-state index contributed by atoms with van der Waals surface area (Å²) in [5, 5.41) is 14.1. The van der Waals surface area contributed by atoms with Crippen LogP contribution in [0.25, 0.3) is 0 Å². The molecular weight excluding hydrogens is 367 g/mol. The summed E-state index contributed by atoms with van der Waals surface area (Å²) >= 11 is 3.05. The second-order valence-corrected chi connectivity index (χ2v) is 5.94. The summed E-state index contributed by atoms with van der Waals surface area (Å²) in [5.41, 5.74) is 0.0916. The maximum Gasteiger partial charge on any atom is 0.390 e. The summed E-state index contributed by atoms with van der Waals surface area (Å²) in [6.07, 6.45) is -5.36. The van der Waals surface area contributed by atoms with E-state index in [0.717, 1.165) is 0 Å². The second kappa shape index (κ2) is 6.93. The quantitative estimate of drug-likeness (QED) is 0.642. The average molecular weight is 382 g/mol. The van der Waals surface area contributed by atoms with E-state index in [1.54, 1.807) is 4.90 Å². The van der Waals surface area contributed by atoms with Crippen molar-refractivity contribution in [1.29, 1.82) is 0 Å². The highest BCUT2D eigenvalue weighted by Crippen LogP contribution is 2.36. The maximum absolute atomic E-state index is 12.9. The Balaban J connectivity index is 2.35. The molecule has 0 spiro atoms. The van der Waals surface area contributed by atoms with Crippen LogP contribution in [0.1, 0.15) is 18.0 Å². The van der Waals surface area contributed by atoms with Crippen molar-refractivity contribution >= 4 is 21.6 Å². The minimum absolute atomic E-state index is 0.222.